The number of Topliss-reactive ketones (excluding diaryl/α,β-unsaturated/α-hetero) is 1. The van der Waals surface area contributed by atoms with Gasteiger partial charge in [0.15, 0.2) is 6.10 Å². The second-order valence-electron chi connectivity index (χ2n) is 12.2. The highest BCUT2D eigenvalue weighted by atomic mass is 79.9. The van der Waals surface area contributed by atoms with Gasteiger partial charge in [0, 0.05) is 30.6 Å². The van der Waals surface area contributed by atoms with Crippen molar-refractivity contribution in [2.75, 3.05) is 4.90 Å². The lowest BCUT2D eigenvalue weighted by Crippen LogP contribution is -2.37. The fraction of sp³-hybridized carbons (Fsp3) is 0.306. The maximum atomic E-state index is 13.7. The maximum Gasteiger partial charge on any atom is 0.339 e. The number of carbonyl (C=O) groups excluding carboxylic acids is 4. The maximum absolute atomic E-state index is 13.7. The van der Waals surface area contributed by atoms with E-state index >= 15 is 0 Å². The number of aryl methyl sites for hydroxylation is 1. The number of halogens is 3. The van der Waals surface area contributed by atoms with Crippen molar-refractivity contribution in [1.82, 2.24) is 4.98 Å². The summed E-state index contributed by atoms with van der Waals surface area (Å²) >= 11 is 11.1. The first-order chi connectivity index (χ1) is 22.1. The Hall–Kier alpha value is -3.21. The first kappa shape index (κ1) is 31.4. The molecule has 2 heterocycles. The standard InChI is InChI=1S/C36H29Br3N2O5/c1-3-18-13-21(37)14-23-24(36(45)46-17(2)33(42)20-7-5-4-6-8-20)16-27(40-32(18)23)19-9-11-22(12-10-19)41-34(43)28-25-15-26(29(28)35(41)44)31(39)30(25)38/h4-14,16-17,25-26,28-31H,3,15H2,1-2H3. The quantitative estimate of drug-likeness (QED) is 0.0816. The lowest BCUT2D eigenvalue weighted by atomic mass is 9.81. The molecule has 46 heavy (non-hydrogen) atoms. The van der Waals surface area contributed by atoms with E-state index in [0.717, 1.165) is 16.5 Å². The third-order valence-corrected chi connectivity index (χ3v) is 13.3. The minimum atomic E-state index is -0.997. The van der Waals surface area contributed by atoms with Crippen LogP contribution in [0.15, 0.2) is 77.3 Å². The van der Waals surface area contributed by atoms with Crippen molar-refractivity contribution in [1.29, 1.82) is 0 Å². The highest BCUT2D eigenvalue weighted by Crippen LogP contribution is 2.60. The Morgan fingerprint density at radius 2 is 1.57 bits per heavy atom. The Labute approximate surface area is 291 Å². The van der Waals surface area contributed by atoms with Gasteiger partial charge in [-0.05, 0) is 67.5 Å². The number of hydrogen-bond donors (Lipinski definition) is 0. The number of carbonyl (C=O) groups is 4. The summed E-state index contributed by atoms with van der Waals surface area (Å²) in [4.78, 5) is 60.5. The number of ether oxygens (including phenoxy) is 1. The van der Waals surface area contributed by atoms with Gasteiger partial charge in [0.1, 0.15) is 0 Å². The van der Waals surface area contributed by atoms with Crippen LogP contribution in [0, 0.1) is 23.7 Å². The molecule has 3 aliphatic rings. The molecule has 7 nitrogen and oxygen atoms in total. The number of amides is 2. The van der Waals surface area contributed by atoms with Gasteiger partial charge >= 0.3 is 5.97 Å². The van der Waals surface area contributed by atoms with E-state index in [2.05, 4.69) is 47.8 Å². The van der Waals surface area contributed by atoms with Gasteiger partial charge < -0.3 is 4.74 Å². The molecule has 7 atom stereocenters. The van der Waals surface area contributed by atoms with Crippen LogP contribution in [-0.2, 0) is 20.7 Å². The number of alkyl halides is 2. The average molecular weight is 809 g/mol. The number of aromatic nitrogens is 1. The first-order valence-electron chi connectivity index (χ1n) is 15.3. The van der Waals surface area contributed by atoms with Crippen molar-refractivity contribution in [2.45, 2.75) is 42.4 Å². The fourth-order valence-corrected chi connectivity index (χ4v) is 9.82. The number of ketones is 1. The van der Waals surface area contributed by atoms with E-state index < -0.39 is 12.1 Å². The highest BCUT2D eigenvalue weighted by molar-refractivity contribution is 9.12. The largest absolute Gasteiger partial charge is 0.451 e. The number of fused-ring (bicyclic) bond motifs is 6. The van der Waals surface area contributed by atoms with Gasteiger partial charge in [-0.1, -0.05) is 97.2 Å². The molecule has 1 saturated heterocycles. The van der Waals surface area contributed by atoms with Crippen LogP contribution in [0.3, 0.4) is 0 Å². The molecule has 2 aliphatic carbocycles. The van der Waals surface area contributed by atoms with E-state index in [4.69, 9.17) is 9.72 Å². The zero-order valence-corrected chi connectivity index (χ0v) is 29.7. The van der Waals surface area contributed by atoms with E-state index in [1.807, 2.05) is 37.3 Å². The normalized spacial score (nSPS) is 25.6. The van der Waals surface area contributed by atoms with E-state index in [9.17, 15) is 19.2 Å². The summed E-state index contributed by atoms with van der Waals surface area (Å²) < 4.78 is 6.53. The molecule has 7 rings (SSSR count). The Kier molecular flexibility index (Phi) is 8.26. The molecule has 7 unspecified atom stereocenters. The van der Waals surface area contributed by atoms with Crippen molar-refractivity contribution < 1.29 is 23.9 Å². The van der Waals surface area contributed by atoms with Crippen molar-refractivity contribution in [3.8, 4) is 11.3 Å². The third-order valence-electron chi connectivity index (χ3n) is 9.68. The Balaban J connectivity index is 1.22. The van der Waals surface area contributed by atoms with E-state index in [1.54, 1.807) is 49.4 Å². The molecule has 3 aromatic carbocycles. The van der Waals surface area contributed by atoms with Crippen molar-refractivity contribution in [3.05, 3.63) is 94.0 Å². The average Bonchev–Trinajstić information content (AvgIpc) is 3.68. The fourth-order valence-electron chi connectivity index (χ4n) is 7.45. The minimum Gasteiger partial charge on any atom is -0.451 e. The minimum absolute atomic E-state index is 0.134. The van der Waals surface area contributed by atoms with Gasteiger partial charge in [0.05, 0.1) is 34.3 Å². The first-order valence-corrected chi connectivity index (χ1v) is 17.9. The molecule has 234 valence electrons. The second-order valence-corrected chi connectivity index (χ2v) is 15.2. The number of imide groups is 1. The number of benzene rings is 3. The number of hydrogen-bond acceptors (Lipinski definition) is 6. The molecule has 1 aliphatic heterocycles. The van der Waals surface area contributed by atoms with Crippen LogP contribution in [-0.4, -0.2) is 44.3 Å². The monoisotopic (exact) mass is 806 g/mol. The van der Waals surface area contributed by atoms with Gasteiger partial charge in [-0.15, -0.1) is 0 Å². The summed E-state index contributed by atoms with van der Waals surface area (Å²) in [6.45, 7) is 3.59. The molecule has 2 saturated carbocycles. The number of pyridine rings is 1. The molecule has 2 bridgehead atoms. The van der Waals surface area contributed by atoms with E-state index in [0.29, 0.717) is 39.8 Å². The van der Waals surface area contributed by atoms with Crippen LogP contribution in [0.25, 0.3) is 22.2 Å². The summed E-state index contributed by atoms with van der Waals surface area (Å²) in [5.74, 6) is -1.51. The predicted octanol–water partition coefficient (Wildman–Crippen LogP) is 7.94. The summed E-state index contributed by atoms with van der Waals surface area (Å²) in [7, 11) is 0. The lowest BCUT2D eigenvalue weighted by molar-refractivity contribution is -0.123. The molecule has 10 heteroatoms. The number of rotatable bonds is 7. The smallest absolute Gasteiger partial charge is 0.339 e. The number of esters is 1. The number of anilines is 1. The molecule has 0 spiro atoms. The van der Waals surface area contributed by atoms with Crippen LogP contribution in [0.5, 0.6) is 0 Å². The SMILES string of the molecule is CCc1cc(Br)cc2c(C(=O)OC(C)C(=O)c3ccccc3)cc(-c3ccc(N4C(=O)C5C6CC(C(Br)C6Br)C5C4=O)cc3)nc12. The van der Waals surface area contributed by atoms with Crippen molar-refractivity contribution >= 4 is 87.9 Å². The van der Waals surface area contributed by atoms with Crippen LogP contribution < -0.4 is 4.90 Å². The van der Waals surface area contributed by atoms with Crippen LogP contribution >= 0.6 is 47.8 Å². The highest BCUT2D eigenvalue weighted by Gasteiger charge is 2.66. The summed E-state index contributed by atoms with van der Waals surface area (Å²) in [6, 6.07) is 21.4. The van der Waals surface area contributed by atoms with Gasteiger partial charge in [-0.3, -0.25) is 19.3 Å². The van der Waals surface area contributed by atoms with Crippen LogP contribution in [0.2, 0.25) is 0 Å². The van der Waals surface area contributed by atoms with Crippen LogP contribution in [0.1, 0.15) is 46.5 Å². The Bertz CT molecular complexity index is 1880. The lowest BCUT2D eigenvalue weighted by Gasteiger charge is -2.28. The Morgan fingerprint density at radius 3 is 2.17 bits per heavy atom. The van der Waals surface area contributed by atoms with E-state index in [1.165, 1.54) is 4.90 Å². The van der Waals surface area contributed by atoms with Crippen LogP contribution in [0.4, 0.5) is 5.69 Å². The van der Waals surface area contributed by atoms with Gasteiger partial charge in [-0.25, -0.2) is 9.78 Å². The number of nitrogens with zero attached hydrogens (tertiary/aromatic N) is 2. The molecule has 0 radical (unpaired) electrons. The third kappa shape index (κ3) is 5.08. The molecule has 0 N–H and O–H groups in total. The molecule has 1 aromatic heterocycles. The van der Waals surface area contributed by atoms with Crippen molar-refractivity contribution in [2.24, 2.45) is 23.7 Å². The van der Waals surface area contributed by atoms with Gasteiger partial charge in [-0.2, -0.15) is 0 Å². The van der Waals surface area contributed by atoms with Crippen molar-refractivity contribution in [3.63, 3.8) is 0 Å². The van der Waals surface area contributed by atoms with Gasteiger partial charge in [0.25, 0.3) is 0 Å². The second kappa shape index (κ2) is 12.1. The molecular weight excluding hydrogens is 780 g/mol. The topological polar surface area (TPSA) is 93.6 Å². The summed E-state index contributed by atoms with van der Waals surface area (Å²) in [5, 5.41) is 0.612. The molecule has 4 aromatic rings. The van der Waals surface area contributed by atoms with Gasteiger partial charge in [0.2, 0.25) is 17.6 Å². The Morgan fingerprint density at radius 1 is 0.935 bits per heavy atom. The summed E-state index contributed by atoms with van der Waals surface area (Å²) in [5.41, 5.74) is 4.11. The summed E-state index contributed by atoms with van der Waals surface area (Å²) in [6.07, 6.45) is 0.555. The zero-order chi connectivity index (χ0) is 32.4. The molecule has 3 fully saturated rings. The predicted molar refractivity (Wildman–Crippen MR) is 186 cm³/mol. The molecular formula is C36H29Br3N2O5. The van der Waals surface area contributed by atoms with E-state index in [-0.39, 0.29) is 56.5 Å². The zero-order valence-electron chi connectivity index (χ0n) is 25.0. The molecule has 2 amide bonds.